The van der Waals surface area contributed by atoms with Gasteiger partial charge in [-0.3, -0.25) is 10.1 Å². The highest BCUT2D eigenvalue weighted by Gasteiger charge is 2.67. The van der Waals surface area contributed by atoms with Crippen LogP contribution in [0.15, 0.2) is 24.3 Å². The molecule has 6 nitrogen and oxygen atoms in total. The first-order valence-electron chi connectivity index (χ1n) is 7.73. The van der Waals surface area contributed by atoms with Crippen LogP contribution < -0.4 is 15.4 Å². The number of carbonyl (C=O) groups excluding carboxylic acids is 2. The summed E-state index contributed by atoms with van der Waals surface area (Å²) in [6.45, 7) is 2.27. The van der Waals surface area contributed by atoms with Crippen molar-refractivity contribution >= 4 is 11.9 Å². The maximum absolute atomic E-state index is 13.8. The largest absolute Gasteiger partial charge is 0.496 e. The number of nitrogens with one attached hydrogen (secondary N) is 1. The maximum Gasteiger partial charge on any atom is 0.478 e. The van der Waals surface area contributed by atoms with Crippen LogP contribution in [0.5, 0.6) is 5.75 Å². The van der Waals surface area contributed by atoms with Gasteiger partial charge in [-0.2, -0.15) is 13.2 Å². The van der Waals surface area contributed by atoms with E-state index in [-0.39, 0.29) is 19.6 Å². The van der Waals surface area contributed by atoms with Gasteiger partial charge < -0.3 is 14.8 Å². The minimum atomic E-state index is -5.06. The lowest BCUT2D eigenvalue weighted by Gasteiger charge is -2.31. The van der Waals surface area contributed by atoms with E-state index in [9.17, 15) is 22.8 Å². The monoisotopic (exact) mass is 363 g/mol. The molecule has 0 aliphatic heterocycles. The van der Waals surface area contributed by atoms with Gasteiger partial charge in [0.25, 0.3) is 0 Å². The third-order valence-corrected chi connectivity index (χ3v) is 3.52. The molecular weight excluding hydrogens is 341 g/mol. The average molecular weight is 363 g/mol. The Labute approximate surface area is 143 Å². The third kappa shape index (κ3) is 4.85. The number of para-hydroxylation sites is 1. The van der Waals surface area contributed by atoms with Gasteiger partial charge >= 0.3 is 17.8 Å². The quantitative estimate of drug-likeness (QED) is 0.536. The molecule has 0 heterocycles. The molecule has 0 saturated heterocycles. The van der Waals surface area contributed by atoms with Crippen molar-refractivity contribution in [3.05, 3.63) is 29.8 Å². The molecule has 1 aromatic carbocycles. The Morgan fingerprint density at radius 3 is 2.36 bits per heavy atom. The molecule has 0 radical (unpaired) electrons. The molecule has 1 aromatic rings. The zero-order chi connectivity index (χ0) is 19.1. The summed E-state index contributed by atoms with van der Waals surface area (Å²) in [6, 6.07) is 6.47. The summed E-state index contributed by atoms with van der Waals surface area (Å²) in [5, 5.41) is 2.48. The second-order valence-corrected chi connectivity index (χ2v) is 5.15. The Kier molecular flexibility index (Phi) is 7.22. The fourth-order valence-corrected chi connectivity index (χ4v) is 2.18. The predicted molar refractivity (Wildman–Crippen MR) is 82.5 cm³/mol. The second-order valence-electron chi connectivity index (χ2n) is 5.15. The van der Waals surface area contributed by atoms with Gasteiger partial charge in [0.1, 0.15) is 12.3 Å². The van der Waals surface area contributed by atoms with E-state index >= 15 is 0 Å². The summed E-state index contributed by atoms with van der Waals surface area (Å²) < 4.78 is 50.9. The normalized spacial score (nSPS) is 13.7. The topological polar surface area (TPSA) is 81.2 Å². The number of alkyl halides is 3. The number of ether oxygens (including phenoxy) is 2. The zero-order valence-electron chi connectivity index (χ0n) is 14.3. The lowest BCUT2D eigenvalue weighted by atomic mass is 10.1. The number of amides is 1. The number of methoxy groups -OCH3 is 1. The van der Waals surface area contributed by atoms with Crippen LogP contribution in [-0.4, -0.2) is 37.4 Å². The maximum atomic E-state index is 13.8. The van der Waals surface area contributed by atoms with E-state index in [1.165, 1.54) is 21.0 Å². The molecule has 0 fully saturated rings. The predicted octanol–water partition coefficient (Wildman–Crippen LogP) is 1.11. The third-order valence-electron chi connectivity index (χ3n) is 3.52. The summed E-state index contributed by atoms with van der Waals surface area (Å²) >= 11 is 0. The van der Waals surface area contributed by atoms with Crippen LogP contribution in [0, 0.1) is 0 Å². The Bertz CT molecular complexity index is 607. The number of nitrogens with two attached hydrogens (primary N) is 1. The molecule has 1 amide bonds. The van der Waals surface area contributed by atoms with Gasteiger partial charge in [0.05, 0.1) is 13.7 Å². The molecule has 0 saturated carbocycles. The zero-order valence-corrected chi connectivity index (χ0v) is 14.3. The van der Waals surface area contributed by atoms with Crippen LogP contribution in [0.25, 0.3) is 0 Å². The molecular formula is C16H22F3N2O4+. The molecule has 0 aromatic heterocycles. The highest BCUT2D eigenvalue weighted by Crippen LogP contribution is 2.27. The number of rotatable bonds is 8. The van der Waals surface area contributed by atoms with Crippen LogP contribution in [0.4, 0.5) is 13.2 Å². The molecule has 140 valence electrons. The van der Waals surface area contributed by atoms with Gasteiger partial charge in [0.15, 0.2) is 0 Å². The van der Waals surface area contributed by atoms with Gasteiger partial charge in [-0.1, -0.05) is 19.1 Å². The number of halogens is 3. The summed E-state index contributed by atoms with van der Waals surface area (Å²) in [7, 11) is 1.39. The Balaban J connectivity index is 3.23. The van der Waals surface area contributed by atoms with Gasteiger partial charge in [0, 0.05) is 12.0 Å². The van der Waals surface area contributed by atoms with Crippen molar-refractivity contribution in [3.8, 4) is 5.75 Å². The molecule has 0 spiro atoms. The number of quaternary nitrogens is 1. The van der Waals surface area contributed by atoms with Crippen molar-refractivity contribution in [3.63, 3.8) is 0 Å². The number of esters is 1. The number of carbonyl (C=O) groups is 2. The van der Waals surface area contributed by atoms with E-state index < -0.39 is 23.7 Å². The van der Waals surface area contributed by atoms with Gasteiger partial charge in [-0.15, -0.1) is 0 Å². The van der Waals surface area contributed by atoms with Crippen molar-refractivity contribution in [1.82, 2.24) is 5.32 Å². The van der Waals surface area contributed by atoms with Crippen LogP contribution >= 0.6 is 0 Å². The molecule has 0 bridgehead atoms. The first-order valence-corrected chi connectivity index (χ1v) is 7.73. The summed E-state index contributed by atoms with van der Waals surface area (Å²) in [5.74, 6) is -2.11. The van der Waals surface area contributed by atoms with Gasteiger partial charge in [-0.25, -0.2) is 4.79 Å². The molecule has 0 aliphatic rings. The highest BCUT2D eigenvalue weighted by molar-refractivity contribution is 5.87. The lowest BCUT2D eigenvalue weighted by Crippen LogP contribution is -3.06. The second kappa shape index (κ2) is 8.70. The van der Waals surface area contributed by atoms with E-state index in [0.29, 0.717) is 16.6 Å². The van der Waals surface area contributed by atoms with Crippen LogP contribution in [0.3, 0.4) is 0 Å². The van der Waals surface area contributed by atoms with E-state index in [1.807, 2.05) is 0 Å². The summed E-state index contributed by atoms with van der Waals surface area (Å²) in [4.78, 5) is 23.8. The van der Waals surface area contributed by atoms with Crippen molar-refractivity contribution < 1.29 is 37.6 Å². The van der Waals surface area contributed by atoms with E-state index in [2.05, 4.69) is 4.74 Å². The fourth-order valence-electron chi connectivity index (χ4n) is 2.18. The summed E-state index contributed by atoms with van der Waals surface area (Å²) in [5.41, 5.74) is -2.79. The molecule has 1 atom stereocenters. The molecule has 0 unspecified atom stereocenters. The standard InChI is InChI=1S/C16H21F3N2O4/c1-4-13(22)21-15(16(17,18)19,14(23)25-5-2)20-10-11-8-6-7-9-12(11)24-3/h6-9,20H,4-5,10H2,1-3H3,(H,21,22)/p+1/t15-/m0/s1. The van der Waals surface area contributed by atoms with Gasteiger partial charge in [-0.05, 0) is 19.1 Å². The van der Waals surface area contributed by atoms with Crippen LogP contribution in [-0.2, 0) is 20.9 Å². The van der Waals surface area contributed by atoms with Crippen molar-refractivity contribution in [2.24, 2.45) is 0 Å². The molecule has 25 heavy (non-hydrogen) atoms. The fraction of sp³-hybridized carbons (Fsp3) is 0.500. The molecule has 1 rings (SSSR count). The van der Waals surface area contributed by atoms with Gasteiger partial charge in [0.2, 0.25) is 5.91 Å². The lowest BCUT2D eigenvalue weighted by molar-refractivity contribution is -0.757. The average Bonchev–Trinajstić information content (AvgIpc) is 2.57. The highest BCUT2D eigenvalue weighted by atomic mass is 19.4. The van der Waals surface area contributed by atoms with E-state index in [1.54, 1.807) is 29.6 Å². The van der Waals surface area contributed by atoms with E-state index in [4.69, 9.17) is 4.74 Å². The van der Waals surface area contributed by atoms with Crippen molar-refractivity contribution in [2.75, 3.05) is 13.7 Å². The molecule has 9 heteroatoms. The first-order chi connectivity index (χ1) is 11.7. The van der Waals surface area contributed by atoms with Crippen LogP contribution in [0.2, 0.25) is 0 Å². The Morgan fingerprint density at radius 1 is 1.20 bits per heavy atom. The Hall–Kier alpha value is -2.29. The number of hydrogen-bond donors (Lipinski definition) is 2. The number of benzene rings is 1. The Morgan fingerprint density at radius 2 is 1.84 bits per heavy atom. The minimum absolute atomic E-state index is 0.209. The molecule has 3 N–H and O–H groups in total. The minimum Gasteiger partial charge on any atom is -0.496 e. The van der Waals surface area contributed by atoms with Crippen molar-refractivity contribution in [1.29, 1.82) is 0 Å². The van der Waals surface area contributed by atoms with E-state index in [0.717, 1.165) is 0 Å². The van der Waals surface area contributed by atoms with Crippen LogP contribution in [0.1, 0.15) is 25.8 Å². The smallest absolute Gasteiger partial charge is 0.478 e. The van der Waals surface area contributed by atoms with Crippen molar-refractivity contribution in [2.45, 2.75) is 38.7 Å². The first kappa shape index (κ1) is 20.8. The number of hydrogen-bond acceptors (Lipinski definition) is 4. The SMILES string of the molecule is CCOC(=O)[C@@](NC(=O)CC)([NH2+]Cc1ccccc1OC)C(F)(F)F. The molecule has 0 aliphatic carbocycles. The summed E-state index contributed by atoms with van der Waals surface area (Å²) in [6.07, 6.45) is -5.27.